The lowest BCUT2D eigenvalue weighted by Crippen LogP contribution is -2.42. The number of hydrogen-bond acceptors (Lipinski definition) is 7. The zero-order chi connectivity index (χ0) is 25.2. The molecular weight excluding hydrogens is 462 g/mol. The maximum absolute atomic E-state index is 12.1. The Morgan fingerprint density at radius 1 is 0.944 bits per heavy atom. The third kappa shape index (κ3) is 7.31. The number of oxazole rings is 1. The van der Waals surface area contributed by atoms with Crippen LogP contribution in [0.3, 0.4) is 0 Å². The summed E-state index contributed by atoms with van der Waals surface area (Å²) in [6, 6.07) is 22.7. The third-order valence-corrected chi connectivity index (χ3v) is 5.33. The van der Waals surface area contributed by atoms with Crippen molar-refractivity contribution in [1.82, 2.24) is 15.6 Å². The summed E-state index contributed by atoms with van der Waals surface area (Å²) in [6.07, 6.45) is -0.668. The molecule has 1 aromatic heterocycles. The van der Waals surface area contributed by atoms with Gasteiger partial charge in [-0.2, -0.15) is 0 Å². The van der Waals surface area contributed by atoms with Gasteiger partial charge in [-0.3, -0.25) is 0 Å². The Labute approximate surface area is 208 Å². The minimum atomic E-state index is -1.14. The quantitative estimate of drug-likeness (QED) is 0.256. The van der Waals surface area contributed by atoms with E-state index in [1.165, 1.54) is 0 Å². The highest BCUT2D eigenvalue weighted by Gasteiger charge is 2.21. The van der Waals surface area contributed by atoms with Crippen molar-refractivity contribution in [3.8, 4) is 5.75 Å². The number of amides is 1. The Morgan fingerprint density at radius 2 is 1.69 bits per heavy atom. The molecule has 3 aromatic carbocycles. The Hall–Kier alpha value is -4.37. The van der Waals surface area contributed by atoms with Crippen LogP contribution in [0, 0.1) is 0 Å². The zero-order valence-electron chi connectivity index (χ0n) is 19.6. The summed E-state index contributed by atoms with van der Waals surface area (Å²) in [4.78, 5) is 28.1. The predicted octanol–water partition coefficient (Wildman–Crippen LogP) is 3.92. The molecule has 0 fully saturated rings. The van der Waals surface area contributed by atoms with E-state index < -0.39 is 18.1 Å². The number of benzene rings is 3. The van der Waals surface area contributed by atoms with E-state index >= 15 is 0 Å². The second-order valence-corrected chi connectivity index (χ2v) is 8.05. The van der Waals surface area contributed by atoms with E-state index in [4.69, 9.17) is 13.9 Å². The van der Waals surface area contributed by atoms with Gasteiger partial charge >= 0.3 is 12.1 Å². The van der Waals surface area contributed by atoms with Gasteiger partial charge in [0.25, 0.3) is 0 Å². The van der Waals surface area contributed by atoms with Crippen molar-refractivity contribution in [2.24, 2.45) is 0 Å². The first-order chi connectivity index (χ1) is 17.6. The summed E-state index contributed by atoms with van der Waals surface area (Å²) in [7, 11) is 0. The molecule has 0 aliphatic heterocycles. The molecule has 9 nitrogen and oxygen atoms in total. The van der Waals surface area contributed by atoms with Gasteiger partial charge < -0.3 is 29.6 Å². The highest BCUT2D eigenvalue weighted by atomic mass is 16.5. The maximum Gasteiger partial charge on any atom is 0.408 e. The molecule has 1 unspecified atom stereocenters. The van der Waals surface area contributed by atoms with Gasteiger partial charge in [-0.15, -0.1) is 0 Å². The SMILES string of the molecule is O=C(NC(Cc1ccc(OCCNCc2nc3ccccc3o2)cc1)C(=O)O)OCc1ccccc1. The number of carboxylic acids is 1. The van der Waals surface area contributed by atoms with Gasteiger partial charge in [0.2, 0.25) is 5.89 Å². The number of carboxylic acid groups (broad SMARTS) is 1. The van der Waals surface area contributed by atoms with E-state index in [1.54, 1.807) is 24.3 Å². The molecule has 0 saturated heterocycles. The lowest BCUT2D eigenvalue weighted by molar-refractivity contribution is -0.139. The van der Waals surface area contributed by atoms with Gasteiger partial charge in [0.1, 0.15) is 30.5 Å². The van der Waals surface area contributed by atoms with Crippen LogP contribution in [0.15, 0.2) is 83.3 Å². The number of carbonyl (C=O) groups excluding carboxylic acids is 1. The lowest BCUT2D eigenvalue weighted by Gasteiger charge is -2.15. The van der Waals surface area contributed by atoms with Crippen LogP contribution in [0.1, 0.15) is 17.0 Å². The molecule has 0 aliphatic carbocycles. The summed E-state index contributed by atoms with van der Waals surface area (Å²) in [6.45, 7) is 1.59. The Morgan fingerprint density at radius 3 is 2.44 bits per heavy atom. The van der Waals surface area contributed by atoms with Crippen LogP contribution in [0.2, 0.25) is 0 Å². The Bertz CT molecular complexity index is 1240. The molecule has 1 heterocycles. The fourth-order valence-electron chi connectivity index (χ4n) is 3.50. The van der Waals surface area contributed by atoms with Crippen LogP contribution in [-0.4, -0.2) is 41.3 Å². The number of aliphatic carboxylic acids is 1. The number of rotatable bonds is 12. The van der Waals surface area contributed by atoms with Gasteiger partial charge in [0.15, 0.2) is 5.58 Å². The van der Waals surface area contributed by atoms with Crippen molar-refractivity contribution >= 4 is 23.2 Å². The normalized spacial score (nSPS) is 11.7. The molecule has 0 spiro atoms. The zero-order valence-corrected chi connectivity index (χ0v) is 19.6. The summed E-state index contributed by atoms with van der Waals surface area (Å²) in [5.74, 6) is 0.132. The van der Waals surface area contributed by atoms with Crippen molar-refractivity contribution in [2.75, 3.05) is 13.2 Å². The van der Waals surface area contributed by atoms with Gasteiger partial charge in [0, 0.05) is 13.0 Å². The first-order valence-corrected chi connectivity index (χ1v) is 11.5. The van der Waals surface area contributed by atoms with Crippen LogP contribution >= 0.6 is 0 Å². The van der Waals surface area contributed by atoms with Crippen LogP contribution in [-0.2, 0) is 29.1 Å². The fraction of sp³-hybridized carbons (Fsp3) is 0.222. The maximum atomic E-state index is 12.1. The number of aromatic nitrogens is 1. The average Bonchev–Trinajstić information content (AvgIpc) is 3.31. The molecule has 186 valence electrons. The smallest absolute Gasteiger partial charge is 0.408 e. The number of nitrogens with one attached hydrogen (secondary N) is 2. The Kier molecular flexibility index (Phi) is 8.50. The minimum Gasteiger partial charge on any atom is -0.492 e. The number of alkyl carbamates (subject to hydrolysis) is 1. The van der Waals surface area contributed by atoms with Crippen LogP contribution in [0.25, 0.3) is 11.1 Å². The van der Waals surface area contributed by atoms with Crippen molar-refractivity contribution in [3.05, 3.63) is 95.9 Å². The second-order valence-electron chi connectivity index (χ2n) is 8.05. The van der Waals surface area contributed by atoms with Gasteiger partial charge in [0.05, 0.1) is 6.54 Å². The van der Waals surface area contributed by atoms with Crippen molar-refractivity contribution in [1.29, 1.82) is 0 Å². The highest BCUT2D eigenvalue weighted by molar-refractivity contribution is 5.80. The summed E-state index contributed by atoms with van der Waals surface area (Å²) in [5, 5.41) is 15.1. The molecule has 3 N–H and O–H groups in total. The van der Waals surface area contributed by atoms with Crippen LogP contribution < -0.4 is 15.4 Å². The predicted molar refractivity (Wildman–Crippen MR) is 133 cm³/mol. The molecule has 4 rings (SSSR count). The molecule has 1 amide bonds. The molecule has 0 radical (unpaired) electrons. The van der Waals surface area contributed by atoms with Gasteiger partial charge in [-0.1, -0.05) is 54.6 Å². The molecule has 0 bridgehead atoms. The van der Waals surface area contributed by atoms with E-state index in [0.29, 0.717) is 31.3 Å². The Balaban J connectivity index is 1.17. The van der Waals surface area contributed by atoms with Crippen LogP contribution in [0.4, 0.5) is 4.79 Å². The van der Waals surface area contributed by atoms with Crippen LogP contribution in [0.5, 0.6) is 5.75 Å². The van der Waals surface area contributed by atoms with Crippen molar-refractivity contribution in [3.63, 3.8) is 0 Å². The molecule has 1 atom stereocenters. The summed E-state index contributed by atoms with van der Waals surface area (Å²) >= 11 is 0. The van der Waals surface area contributed by atoms with Crippen molar-refractivity contribution < 1.29 is 28.6 Å². The molecular formula is C27H27N3O6. The van der Waals surface area contributed by atoms with E-state index in [2.05, 4.69) is 15.6 Å². The number of carbonyl (C=O) groups is 2. The molecule has 0 saturated carbocycles. The first kappa shape index (κ1) is 24.7. The average molecular weight is 490 g/mol. The lowest BCUT2D eigenvalue weighted by atomic mass is 10.1. The van der Waals surface area contributed by atoms with Gasteiger partial charge in [-0.25, -0.2) is 14.6 Å². The number of fused-ring (bicyclic) bond motifs is 1. The van der Waals surface area contributed by atoms with E-state index in [9.17, 15) is 14.7 Å². The molecule has 0 aliphatic rings. The fourth-order valence-corrected chi connectivity index (χ4v) is 3.50. The number of nitrogens with zero attached hydrogens (tertiary/aromatic N) is 1. The number of hydrogen-bond donors (Lipinski definition) is 3. The number of para-hydroxylation sites is 2. The summed E-state index contributed by atoms with van der Waals surface area (Å²) in [5.41, 5.74) is 3.15. The summed E-state index contributed by atoms with van der Waals surface area (Å²) < 4.78 is 16.5. The monoisotopic (exact) mass is 489 g/mol. The van der Waals surface area contributed by atoms with E-state index in [-0.39, 0.29) is 13.0 Å². The molecule has 4 aromatic rings. The minimum absolute atomic E-state index is 0.0642. The highest BCUT2D eigenvalue weighted by Crippen LogP contribution is 2.15. The topological polar surface area (TPSA) is 123 Å². The standard InChI is InChI=1S/C27H27N3O6/c31-26(32)23(30-27(33)35-18-20-6-2-1-3-7-20)16-19-10-12-21(13-11-19)34-15-14-28-17-25-29-22-8-4-5-9-24(22)36-25/h1-13,23,28H,14-18H2,(H,30,33)(H,31,32). The van der Waals surface area contributed by atoms with Gasteiger partial charge in [-0.05, 0) is 35.4 Å². The first-order valence-electron chi connectivity index (χ1n) is 11.5. The van der Waals surface area contributed by atoms with E-state index in [1.807, 2.05) is 54.6 Å². The second kappa shape index (κ2) is 12.4. The number of ether oxygens (including phenoxy) is 2. The molecule has 36 heavy (non-hydrogen) atoms. The molecule has 9 heteroatoms. The van der Waals surface area contributed by atoms with Crippen molar-refractivity contribution in [2.45, 2.75) is 25.6 Å². The largest absolute Gasteiger partial charge is 0.492 e. The van der Waals surface area contributed by atoms with E-state index in [0.717, 1.165) is 22.2 Å². The third-order valence-electron chi connectivity index (χ3n) is 5.33.